The van der Waals surface area contributed by atoms with E-state index in [9.17, 15) is 5.11 Å². The number of piperidine rings is 1. The molecule has 1 unspecified atom stereocenters. The minimum absolute atomic E-state index is 0.344. The van der Waals surface area contributed by atoms with Crippen molar-refractivity contribution in [2.24, 2.45) is 5.92 Å². The predicted molar refractivity (Wildman–Crippen MR) is 65.1 cm³/mol. The van der Waals surface area contributed by atoms with Gasteiger partial charge in [0, 0.05) is 0 Å². The van der Waals surface area contributed by atoms with Crippen molar-refractivity contribution < 1.29 is 5.11 Å². The molecule has 2 rings (SSSR count). The molecule has 1 aromatic rings. The standard InChI is InChI=1S/C12H16BrNO/c13-12-10(4-1-5-11(12)15)7-9-3-2-6-14-8-9/h1,4-5,9,14-15H,2-3,6-8H2. The number of benzene rings is 1. The fraction of sp³-hybridized carbons (Fsp3) is 0.500. The molecule has 2 N–H and O–H groups in total. The van der Waals surface area contributed by atoms with Crippen LogP contribution in [-0.2, 0) is 6.42 Å². The third kappa shape index (κ3) is 2.73. The Balaban J connectivity index is 2.06. The number of phenolic OH excluding ortho intramolecular Hbond substituents is 1. The Morgan fingerprint density at radius 2 is 2.33 bits per heavy atom. The van der Waals surface area contributed by atoms with Gasteiger partial charge in [0.15, 0.2) is 0 Å². The molecule has 1 atom stereocenters. The Kier molecular flexibility index (Phi) is 3.65. The van der Waals surface area contributed by atoms with Gasteiger partial charge in [-0.3, -0.25) is 0 Å². The number of halogens is 1. The summed E-state index contributed by atoms with van der Waals surface area (Å²) in [6, 6.07) is 5.71. The van der Waals surface area contributed by atoms with Crippen LogP contribution in [0.4, 0.5) is 0 Å². The van der Waals surface area contributed by atoms with E-state index >= 15 is 0 Å². The second-order valence-electron chi connectivity index (χ2n) is 4.17. The van der Waals surface area contributed by atoms with Gasteiger partial charge in [-0.25, -0.2) is 0 Å². The number of aromatic hydroxyl groups is 1. The van der Waals surface area contributed by atoms with E-state index in [0.29, 0.717) is 11.7 Å². The molecule has 2 nitrogen and oxygen atoms in total. The van der Waals surface area contributed by atoms with Gasteiger partial charge in [-0.2, -0.15) is 0 Å². The van der Waals surface area contributed by atoms with Gasteiger partial charge in [-0.05, 0) is 65.8 Å². The summed E-state index contributed by atoms with van der Waals surface area (Å²) < 4.78 is 0.857. The molecule has 15 heavy (non-hydrogen) atoms. The number of hydrogen-bond acceptors (Lipinski definition) is 2. The van der Waals surface area contributed by atoms with Crippen LogP contribution in [0.3, 0.4) is 0 Å². The maximum atomic E-state index is 9.57. The lowest BCUT2D eigenvalue weighted by Crippen LogP contribution is -2.30. The molecule has 0 amide bonds. The number of rotatable bonds is 2. The maximum absolute atomic E-state index is 9.57. The van der Waals surface area contributed by atoms with Crippen LogP contribution < -0.4 is 5.32 Å². The summed E-state index contributed by atoms with van der Waals surface area (Å²) >= 11 is 3.44. The van der Waals surface area contributed by atoms with E-state index in [2.05, 4.69) is 27.3 Å². The minimum atomic E-state index is 0.344. The SMILES string of the molecule is Oc1cccc(CC2CCCNC2)c1Br. The minimum Gasteiger partial charge on any atom is -0.507 e. The zero-order valence-corrected chi connectivity index (χ0v) is 10.3. The van der Waals surface area contributed by atoms with Gasteiger partial charge in [0.25, 0.3) is 0 Å². The van der Waals surface area contributed by atoms with Crippen LogP contribution in [0.25, 0.3) is 0 Å². The lowest BCUT2D eigenvalue weighted by molar-refractivity contribution is 0.375. The van der Waals surface area contributed by atoms with E-state index in [1.54, 1.807) is 6.07 Å². The van der Waals surface area contributed by atoms with Crippen molar-refractivity contribution >= 4 is 15.9 Å². The molecule has 1 aliphatic rings. The molecule has 3 heteroatoms. The van der Waals surface area contributed by atoms with Crippen molar-refractivity contribution in [2.75, 3.05) is 13.1 Å². The highest BCUT2D eigenvalue weighted by Crippen LogP contribution is 2.29. The Labute approximate surface area is 98.8 Å². The van der Waals surface area contributed by atoms with Crippen LogP contribution in [0, 0.1) is 5.92 Å². The lowest BCUT2D eigenvalue weighted by atomic mass is 9.92. The van der Waals surface area contributed by atoms with Gasteiger partial charge in [-0.1, -0.05) is 12.1 Å². The Hall–Kier alpha value is -0.540. The summed E-state index contributed by atoms with van der Waals surface area (Å²) in [5, 5.41) is 13.0. The van der Waals surface area contributed by atoms with Crippen LogP contribution >= 0.6 is 15.9 Å². The maximum Gasteiger partial charge on any atom is 0.130 e. The molecule has 0 radical (unpaired) electrons. The van der Waals surface area contributed by atoms with Crippen molar-refractivity contribution in [3.63, 3.8) is 0 Å². The Morgan fingerprint density at radius 1 is 1.47 bits per heavy atom. The van der Waals surface area contributed by atoms with Crippen LogP contribution in [-0.4, -0.2) is 18.2 Å². The third-order valence-corrected chi connectivity index (χ3v) is 3.88. The highest BCUT2D eigenvalue weighted by molar-refractivity contribution is 9.10. The van der Waals surface area contributed by atoms with Crippen molar-refractivity contribution in [1.29, 1.82) is 0 Å². The van der Waals surface area contributed by atoms with Crippen molar-refractivity contribution in [3.8, 4) is 5.75 Å². The number of phenols is 1. The van der Waals surface area contributed by atoms with E-state index in [-0.39, 0.29) is 0 Å². The smallest absolute Gasteiger partial charge is 0.130 e. The van der Waals surface area contributed by atoms with Crippen LogP contribution in [0.1, 0.15) is 18.4 Å². The molecule has 0 aliphatic carbocycles. The molecule has 1 aromatic carbocycles. The molecule has 0 spiro atoms. The number of nitrogens with one attached hydrogen (secondary N) is 1. The molecule has 1 saturated heterocycles. The summed E-state index contributed by atoms with van der Waals surface area (Å²) in [7, 11) is 0. The van der Waals surface area contributed by atoms with Crippen molar-refractivity contribution in [3.05, 3.63) is 28.2 Å². The Morgan fingerprint density at radius 3 is 3.07 bits per heavy atom. The van der Waals surface area contributed by atoms with E-state index < -0.39 is 0 Å². The molecule has 1 heterocycles. The first-order chi connectivity index (χ1) is 7.27. The average Bonchev–Trinajstić information content (AvgIpc) is 2.26. The van der Waals surface area contributed by atoms with Gasteiger partial charge in [0.1, 0.15) is 5.75 Å². The summed E-state index contributed by atoms with van der Waals surface area (Å²) in [6.45, 7) is 2.25. The second-order valence-corrected chi connectivity index (χ2v) is 4.96. The summed E-state index contributed by atoms with van der Waals surface area (Å²) in [6.07, 6.45) is 3.60. The first-order valence-corrected chi connectivity index (χ1v) is 6.24. The summed E-state index contributed by atoms with van der Waals surface area (Å²) in [5.74, 6) is 1.05. The van der Waals surface area contributed by atoms with Crippen LogP contribution in [0.2, 0.25) is 0 Å². The van der Waals surface area contributed by atoms with Crippen LogP contribution in [0.15, 0.2) is 22.7 Å². The molecule has 0 bridgehead atoms. The summed E-state index contributed by atoms with van der Waals surface area (Å²) in [5.41, 5.74) is 1.21. The zero-order valence-electron chi connectivity index (χ0n) is 8.67. The average molecular weight is 270 g/mol. The van der Waals surface area contributed by atoms with Gasteiger partial charge < -0.3 is 10.4 Å². The van der Waals surface area contributed by atoms with Crippen LogP contribution in [0.5, 0.6) is 5.75 Å². The van der Waals surface area contributed by atoms with Gasteiger partial charge in [0.2, 0.25) is 0 Å². The molecule has 82 valence electrons. The highest BCUT2D eigenvalue weighted by Gasteiger charge is 2.15. The van der Waals surface area contributed by atoms with Crippen molar-refractivity contribution in [1.82, 2.24) is 5.32 Å². The highest BCUT2D eigenvalue weighted by atomic mass is 79.9. The Bertz CT molecular complexity index is 334. The second kappa shape index (κ2) is 4.99. The molecule has 0 saturated carbocycles. The predicted octanol–water partition coefficient (Wildman–Crippen LogP) is 2.70. The molecular formula is C12H16BrNO. The van der Waals surface area contributed by atoms with Gasteiger partial charge in [0.05, 0.1) is 4.47 Å². The largest absolute Gasteiger partial charge is 0.507 e. The van der Waals surface area contributed by atoms with Gasteiger partial charge in [-0.15, -0.1) is 0 Å². The monoisotopic (exact) mass is 269 g/mol. The number of hydrogen-bond donors (Lipinski definition) is 2. The molecule has 0 aromatic heterocycles. The lowest BCUT2D eigenvalue weighted by Gasteiger charge is -2.23. The fourth-order valence-electron chi connectivity index (χ4n) is 2.13. The zero-order chi connectivity index (χ0) is 10.7. The molecule has 1 fully saturated rings. The normalized spacial score (nSPS) is 21.5. The van der Waals surface area contributed by atoms with E-state index in [4.69, 9.17) is 0 Å². The fourth-order valence-corrected chi connectivity index (χ4v) is 2.56. The third-order valence-electron chi connectivity index (χ3n) is 2.97. The van der Waals surface area contributed by atoms with E-state index in [0.717, 1.165) is 24.0 Å². The molecule has 1 aliphatic heterocycles. The first-order valence-electron chi connectivity index (χ1n) is 5.44. The van der Waals surface area contributed by atoms with Crippen molar-refractivity contribution in [2.45, 2.75) is 19.3 Å². The molecular weight excluding hydrogens is 254 g/mol. The first kappa shape index (κ1) is 11.0. The quantitative estimate of drug-likeness (QED) is 0.866. The summed E-state index contributed by atoms with van der Waals surface area (Å²) in [4.78, 5) is 0. The topological polar surface area (TPSA) is 32.3 Å². The van der Waals surface area contributed by atoms with E-state index in [1.165, 1.54) is 18.4 Å². The van der Waals surface area contributed by atoms with Gasteiger partial charge >= 0.3 is 0 Å². The van der Waals surface area contributed by atoms with E-state index in [1.807, 2.05) is 6.07 Å².